The maximum Gasteiger partial charge on any atom is 0.320 e. The van der Waals surface area contributed by atoms with Gasteiger partial charge in [-0.25, -0.2) is 0 Å². The Bertz CT molecular complexity index is 447. The Balaban J connectivity index is 1.77. The number of benzene rings is 1. The first-order valence-corrected chi connectivity index (χ1v) is 7.81. The van der Waals surface area contributed by atoms with Crippen LogP contribution in [0.4, 0.5) is 0 Å². The van der Waals surface area contributed by atoms with E-state index in [0.717, 1.165) is 32.5 Å². The standard InChI is InChI=1S/C17H26N2O2/c1-13(2)16(17(20)21)18-15-9-11-19(12-15)10-8-14-6-4-3-5-7-14/h3-7,13,15-16,18H,8-12H2,1-2H3,(H,20,21). The van der Waals surface area contributed by atoms with Crippen molar-refractivity contribution in [2.45, 2.75) is 38.8 Å². The highest BCUT2D eigenvalue weighted by atomic mass is 16.4. The molecule has 1 aliphatic rings. The van der Waals surface area contributed by atoms with E-state index in [1.165, 1.54) is 5.56 Å². The van der Waals surface area contributed by atoms with Gasteiger partial charge in [0.2, 0.25) is 0 Å². The first-order valence-electron chi connectivity index (χ1n) is 7.81. The molecule has 1 aliphatic heterocycles. The van der Waals surface area contributed by atoms with E-state index >= 15 is 0 Å². The summed E-state index contributed by atoms with van der Waals surface area (Å²) in [6.45, 7) is 6.95. The van der Waals surface area contributed by atoms with E-state index in [4.69, 9.17) is 0 Å². The third-order valence-electron chi connectivity index (χ3n) is 4.18. The molecule has 2 N–H and O–H groups in total. The van der Waals surface area contributed by atoms with Crippen molar-refractivity contribution in [2.24, 2.45) is 5.92 Å². The lowest BCUT2D eigenvalue weighted by molar-refractivity contribution is -0.140. The van der Waals surface area contributed by atoms with Crippen molar-refractivity contribution in [3.8, 4) is 0 Å². The van der Waals surface area contributed by atoms with Crippen LogP contribution in [0.3, 0.4) is 0 Å². The smallest absolute Gasteiger partial charge is 0.320 e. The minimum atomic E-state index is -0.743. The number of nitrogens with one attached hydrogen (secondary N) is 1. The predicted molar refractivity (Wildman–Crippen MR) is 84.4 cm³/mol. The molecule has 1 fully saturated rings. The van der Waals surface area contributed by atoms with Crippen molar-refractivity contribution in [3.05, 3.63) is 35.9 Å². The maximum atomic E-state index is 11.2. The second-order valence-corrected chi connectivity index (χ2v) is 6.25. The van der Waals surface area contributed by atoms with E-state index < -0.39 is 12.0 Å². The van der Waals surface area contributed by atoms with E-state index in [-0.39, 0.29) is 5.92 Å². The summed E-state index contributed by atoms with van der Waals surface area (Å²) in [6.07, 6.45) is 2.09. The number of carboxylic acids is 1. The molecule has 1 saturated heterocycles. The summed E-state index contributed by atoms with van der Waals surface area (Å²) in [7, 11) is 0. The van der Waals surface area contributed by atoms with Crippen LogP contribution in [0.1, 0.15) is 25.8 Å². The highest BCUT2D eigenvalue weighted by Crippen LogP contribution is 2.13. The molecule has 0 radical (unpaired) electrons. The molecule has 1 heterocycles. The van der Waals surface area contributed by atoms with Crippen molar-refractivity contribution in [1.29, 1.82) is 0 Å². The van der Waals surface area contributed by atoms with Crippen molar-refractivity contribution < 1.29 is 9.90 Å². The average Bonchev–Trinajstić information content (AvgIpc) is 2.91. The van der Waals surface area contributed by atoms with E-state index in [2.05, 4.69) is 34.5 Å². The molecule has 116 valence electrons. The molecular weight excluding hydrogens is 264 g/mol. The molecule has 21 heavy (non-hydrogen) atoms. The zero-order valence-corrected chi connectivity index (χ0v) is 13.0. The fourth-order valence-corrected chi connectivity index (χ4v) is 2.91. The van der Waals surface area contributed by atoms with Gasteiger partial charge in [-0.05, 0) is 30.9 Å². The minimum absolute atomic E-state index is 0.112. The predicted octanol–water partition coefficient (Wildman–Crippen LogP) is 2.00. The molecule has 4 nitrogen and oxygen atoms in total. The number of hydrogen-bond donors (Lipinski definition) is 2. The molecule has 1 aromatic rings. The van der Waals surface area contributed by atoms with Crippen molar-refractivity contribution in [3.63, 3.8) is 0 Å². The van der Waals surface area contributed by atoms with Crippen LogP contribution < -0.4 is 5.32 Å². The Kier molecular flexibility index (Phi) is 5.76. The summed E-state index contributed by atoms with van der Waals surface area (Å²) < 4.78 is 0. The molecule has 0 amide bonds. The molecule has 1 aromatic carbocycles. The summed E-state index contributed by atoms with van der Waals surface area (Å²) in [5.74, 6) is -0.631. The summed E-state index contributed by atoms with van der Waals surface area (Å²) in [4.78, 5) is 13.7. The van der Waals surface area contributed by atoms with Gasteiger partial charge in [0.1, 0.15) is 6.04 Å². The Morgan fingerprint density at radius 1 is 1.38 bits per heavy atom. The normalized spacial score (nSPS) is 20.8. The van der Waals surface area contributed by atoms with Crippen LogP contribution >= 0.6 is 0 Å². The summed E-state index contributed by atoms with van der Waals surface area (Å²) in [5.41, 5.74) is 1.36. The van der Waals surface area contributed by atoms with Gasteiger partial charge in [0.15, 0.2) is 0 Å². The molecule has 0 aromatic heterocycles. The Morgan fingerprint density at radius 3 is 2.71 bits per heavy atom. The molecule has 2 rings (SSSR count). The van der Waals surface area contributed by atoms with Crippen LogP contribution in [0.2, 0.25) is 0 Å². The topological polar surface area (TPSA) is 52.6 Å². The van der Waals surface area contributed by atoms with Gasteiger partial charge in [-0.3, -0.25) is 4.79 Å². The van der Waals surface area contributed by atoms with Crippen LogP contribution in [-0.2, 0) is 11.2 Å². The molecule has 0 spiro atoms. The molecule has 0 saturated carbocycles. The highest BCUT2D eigenvalue weighted by Gasteiger charge is 2.28. The highest BCUT2D eigenvalue weighted by molar-refractivity contribution is 5.73. The number of carboxylic acid groups (broad SMARTS) is 1. The number of aliphatic carboxylic acids is 1. The maximum absolute atomic E-state index is 11.2. The van der Waals surface area contributed by atoms with Gasteiger partial charge in [-0.1, -0.05) is 44.2 Å². The van der Waals surface area contributed by atoms with Crippen LogP contribution in [0, 0.1) is 5.92 Å². The first-order chi connectivity index (χ1) is 10.1. The Morgan fingerprint density at radius 2 is 2.10 bits per heavy atom. The van der Waals surface area contributed by atoms with E-state index in [1.807, 2.05) is 19.9 Å². The fraction of sp³-hybridized carbons (Fsp3) is 0.588. The van der Waals surface area contributed by atoms with Crippen molar-refractivity contribution >= 4 is 5.97 Å². The summed E-state index contributed by atoms with van der Waals surface area (Å²) >= 11 is 0. The van der Waals surface area contributed by atoms with Crippen LogP contribution in [0.25, 0.3) is 0 Å². The zero-order chi connectivity index (χ0) is 15.2. The second kappa shape index (κ2) is 7.57. The van der Waals surface area contributed by atoms with E-state index in [1.54, 1.807) is 0 Å². The third-order valence-corrected chi connectivity index (χ3v) is 4.18. The van der Waals surface area contributed by atoms with Crippen LogP contribution in [0.5, 0.6) is 0 Å². The SMILES string of the molecule is CC(C)C(NC1CCN(CCc2ccccc2)C1)C(=O)O. The average molecular weight is 290 g/mol. The number of rotatable bonds is 7. The zero-order valence-electron chi connectivity index (χ0n) is 13.0. The van der Waals surface area contributed by atoms with Crippen molar-refractivity contribution in [1.82, 2.24) is 10.2 Å². The molecule has 0 aliphatic carbocycles. The van der Waals surface area contributed by atoms with E-state index in [0.29, 0.717) is 6.04 Å². The van der Waals surface area contributed by atoms with Gasteiger partial charge in [0, 0.05) is 19.1 Å². The lowest BCUT2D eigenvalue weighted by Crippen LogP contribution is -2.47. The fourth-order valence-electron chi connectivity index (χ4n) is 2.91. The molecule has 2 unspecified atom stereocenters. The quantitative estimate of drug-likeness (QED) is 0.806. The third kappa shape index (κ3) is 4.83. The van der Waals surface area contributed by atoms with Gasteiger partial charge in [-0.15, -0.1) is 0 Å². The van der Waals surface area contributed by atoms with Gasteiger partial charge in [0.05, 0.1) is 0 Å². The van der Waals surface area contributed by atoms with Gasteiger partial charge < -0.3 is 15.3 Å². The molecule has 4 heteroatoms. The van der Waals surface area contributed by atoms with Crippen LogP contribution in [0.15, 0.2) is 30.3 Å². The van der Waals surface area contributed by atoms with Gasteiger partial charge in [-0.2, -0.15) is 0 Å². The van der Waals surface area contributed by atoms with Crippen molar-refractivity contribution in [2.75, 3.05) is 19.6 Å². The van der Waals surface area contributed by atoms with E-state index in [9.17, 15) is 9.90 Å². The lowest BCUT2D eigenvalue weighted by atomic mass is 10.0. The summed E-state index contributed by atoms with van der Waals surface area (Å²) in [6, 6.07) is 10.4. The second-order valence-electron chi connectivity index (χ2n) is 6.25. The largest absolute Gasteiger partial charge is 0.480 e. The first kappa shape index (κ1) is 16.0. The number of carbonyl (C=O) groups is 1. The number of nitrogens with zero attached hydrogens (tertiary/aromatic N) is 1. The molecular formula is C17H26N2O2. The summed E-state index contributed by atoms with van der Waals surface area (Å²) in [5, 5.41) is 12.5. The molecule has 2 atom stereocenters. The number of hydrogen-bond acceptors (Lipinski definition) is 3. The monoisotopic (exact) mass is 290 g/mol. The Hall–Kier alpha value is -1.39. The number of likely N-dealkylation sites (tertiary alicyclic amines) is 1. The Labute approximate surface area is 127 Å². The minimum Gasteiger partial charge on any atom is -0.480 e. The van der Waals surface area contributed by atoms with Gasteiger partial charge >= 0.3 is 5.97 Å². The lowest BCUT2D eigenvalue weighted by Gasteiger charge is -2.23. The van der Waals surface area contributed by atoms with Crippen LogP contribution in [-0.4, -0.2) is 47.7 Å². The van der Waals surface area contributed by atoms with Gasteiger partial charge in [0.25, 0.3) is 0 Å². The molecule has 0 bridgehead atoms.